The molecule has 1 aromatic rings. The Labute approximate surface area is 97.3 Å². The third kappa shape index (κ3) is 2.37. The summed E-state index contributed by atoms with van der Waals surface area (Å²) in [7, 11) is 0. The SMILES string of the molecule is CC(C)c1ccn(C2CCCCC2)c(=O)c1. The minimum absolute atomic E-state index is 0.179. The van der Waals surface area contributed by atoms with E-state index in [2.05, 4.69) is 19.9 Å². The van der Waals surface area contributed by atoms with Gasteiger partial charge in [0.25, 0.3) is 5.56 Å². The van der Waals surface area contributed by atoms with Crippen LogP contribution < -0.4 is 5.56 Å². The Bertz CT molecular complexity index is 399. The van der Waals surface area contributed by atoms with Gasteiger partial charge in [0.15, 0.2) is 0 Å². The van der Waals surface area contributed by atoms with E-state index >= 15 is 0 Å². The average molecular weight is 219 g/mol. The van der Waals surface area contributed by atoms with Crippen molar-refractivity contribution in [2.45, 2.75) is 57.9 Å². The maximum atomic E-state index is 12.0. The van der Waals surface area contributed by atoms with Crippen LogP contribution in [0.25, 0.3) is 0 Å². The molecule has 0 radical (unpaired) electrons. The highest BCUT2D eigenvalue weighted by Gasteiger charge is 2.16. The van der Waals surface area contributed by atoms with Crippen molar-refractivity contribution in [1.82, 2.24) is 4.57 Å². The van der Waals surface area contributed by atoms with Crippen molar-refractivity contribution in [2.75, 3.05) is 0 Å². The molecule has 1 aliphatic carbocycles. The fourth-order valence-electron chi connectivity index (χ4n) is 2.53. The molecule has 1 aliphatic rings. The molecule has 88 valence electrons. The van der Waals surface area contributed by atoms with Gasteiger partial charge in [-0.25, -0.2) is 0 Å². The molecule has 0 saturated heterocycles. The van der Waals surface area contributed by atoms with Crippen LogP contribution in [-0.2, 0) is 0 Å². The molecular weight excluding hydrogens is 198 g/mol. The smallest absolute Gasteiger partial charge is 0.251 e. The highest BCUT2D eigenvalue weighted by molar-refractivity contribution is 5.15. The Balaban J connectivity index is 2.25. The molecule has 1 heterocycles. The molecule has 0 aromatic carbocycles. The molecule has 0 spiro atoms. The average Bonchev–Trinajstić information content (AvgIpc) is 2.30. The summed E-state index contributed by atoms with van der Waals surface area (Å²) in [6.07, 6.45) is 8.19. The maximum absolute atomic E-state index is 12.0. The molecule has 0 unspecified atom stereocenters. The summed E-state index contributed by atoms with van der Waals surface area (Å²) in [5.74, 6) is 0.439. The van der Waals surface area contributed by atoms with Gasteiger partial charge in [-0.3, -0.25) is 4.79 Å². The standard InChI is InChI=1S/C14H21NO/c1-11(2)12-8-9-15(14(16)10-12)13-6-4-3-5-7-13/h8-11,13H,3-7H2,1-2H3. The number of hydrogen-bond acceptors (Lipinski definition) is 1. The third-order valence-corrected chi connectivity index (χ3v) is 3.61. The molecule has 2 rings (SSSR count). The van der Waals surface area contributed by atoms with E-state index in [0.717, 1.165) is 5.56 Å². The second-order valence-corrected chi connectivity index (χ2v) is 5.15. The fourth-order valence-corrected chi connectivity index (χ4v) is 2.53. The van der Waals surface area contributed by atoms with Gasteiger partial charge in [-0.1, -0.05) is 33.1 Å². The molecule has 1 fully saturated rings. The van der Waals surface area contributed by atoms with Gasteiger partial charge in [0, 0.05) is 18.3 Å². The lowest BCUT2D eigenvalue weighted by atomic mass is 9.95. The van der Waals surface area contributed by atoms with E-state index in [9.17, 15) is 4.79 Å². The number of pyridine rings is 1. The number of hydrogen-bond donors (Lipinski definition) is 0. The van der Waals surface area contributed by atoms with Crippen molar-refractivity contribution < 1.29 is 0 Å². The van der Waals surface area contributed by atoms with Gasteiger partial charge >= 0.3 is 0 Å². The summed E-state index contributed by atoms with van der Waals surface area (Å²) in [4.78, 5) is 12.0. The van der Waals surface area contributed by atoms with E-state index in [-0.39, 0.29) is 5.56 Å². The zero-order chi connectivity index (χ0) is 11.5. The first-order valence-electron chi connectivity index (χ1n) is 6.40. The van der Waals surface area contributed by atoms with Gasteiger partial charge in [0.05, 0.1) is 0 Å². The first kappa shape index (κ1) is 11.4. The lowest BCUT2D eigenvalue weighted by Gasteiger charge is -2.24. The topological polar surface area (TPSA) is 22.0 Å². The number of aromatic nitrogens is 1. The second-order valence-electron chi connectivity index (χ2n) is 5.15. The van der Waals surface area contributed by atoms with Gasteiger partial charge in [-0.2, -0.15) is 0 Å². The van der Waals surface area contributed by atoms with Gasteiger partial charge in [-0.15, -0.1) is 0 Å². The van der Waals surface area contributed by atoms with Crippen LogP contribution in [0.15, 0.2) is 23.1 Å². The minimum atomic E-state index is 0.179. The van der Waals surface area contributed by atoms with Crippen molar-refractivity contribution in [3.8, 4) is 0 Å². The van der Waals surface area contributed by atoms with E-state index < -0.39 is 0 Å². The number of rotatable bonds is 2. The summed E-state index contributed by atoms with van der Waals surface area (Å²) in [6, 6.07) is 4.35. The molecule has 0 bridgehead atoms. The van der Waals surface area contributed by atoms with E-state index in [4.69, 9.17) is 0 Å². The predicted molar refractivity (Wildman–Crippen MR) is 66.9 cm³/mol. The summed E-state index contributed by atoms with van der Waals surface area (Å²) in [5.41, 5.74) is 1.33. The van der Waals surface area contributed by atoms with Crippen molar-refractivity contribution in [2.24, 2.45) is 0 Å². The molecule has 1 aromatic heterocycles. The van der Waals surface area contributed by atoms with Crippen LogP contribution in [-0.4, -0.2) is 4.57 Å². The Morgan fingerprint density at radius 2 is 1.94 bits per heavy atom. The largest absolute Gasteiger partial charge is 0.312 e. The number of nitrogens with zero attached hydrogens (tertiary/aromatic N) is 1. The van der Waals surface area contributed by atoms with Crippen LogP contribution in [0.3, 0.4) is 0 Å². The Hall–Kier alpha value is -1.05. The first-order valence-corrected chi connectivity index (χ1v) is 6.40. The van der Waals surface area contributed by atoms with Crippen molar-refractivity contribution in [3.05, 3.63) is 34.2 Å². The maximum Gasteiger partial charge on any atom is 0.251 e. The quantitative estimate of drug-likeness (QED) is 0.746. The fraction of sp³-hybridized carbons (Fsp3) is 0.643. The summed E-state index contributed by atoms with van der Waals surface area (Å²) in [6.45, 7) is 4.25. The second kappa shape index (κ2) is 4.86. The van der Waals surface area contributed by atoms with Gasteiger partial charge in [-0.05, 0) is 30.4 Å². The molecule has 2 heteroatoms. The van der Waals surface area contributed by atoms with Crippen LogP contribution in [0.5, 0.6) is 0 Å². The van der Waals surface area contributed by atoms with E-state index in [1.807, 2.05) is 10.8 Å². The predicted octanol–water partition coefficient (Wildman–Crippen LogP) is 3.48. The van der Waals surface area contributed by atoms with Crippen LogP contribution in [0.4, 0.5) is 0 Å². The van der Waals surface area contributed by atoms with Crippen LogP contribution >= 0.6 is 0 Å². The highest BCUT2D eigenvalue weighted by atomic mass is 16.1. The third-order valence-electron chi connectivity index (χ3n) is 3.61. The Morgan fingerprint density at radius 3 is 2.50 bits per heavy atom. The molecular formula is C14H21NO. The monoisotopic (exact) mass is 219 g/mol. The lowest BCUT2D eigenvalue weighted by molar-refractivity contribution is 0.346. The van der Waals surface area contributed by atoms with Gasteiger partial charge in [0.1, 0.15) is 0 Å². The summed E-state index contributed by atoms with van der Waals surface area (Å²) >= 11 is 0. The normalized spacial score (nSPS) is 17.9. The first-order chi connectivity index (χ1) is 7.68. The van der Waals surface area contributed by atoms with Gasteiger partial charge < -0.3 is 4.57 Å². The Kier molecular flexibility index (Phi) is 3.47. The Morgan fingerprint density at radius 1 is 1.25 bits per heavy atom. The van der Waals surface area contributed by atoms with Crippen molar-refractivity contribution in [1.29, 1.82) is 0 Å². The van der Waals surface area contributed by atoms with Crippen LogP contribution in [0.1, 0.15) is 63.5 Å². The zero-order valence-corrected chi connectivity index (χ0v) is 10.3. The molecule has 0 aliphatic heterocycles. The highest BCUT2D eigenvalue weighted by Crippen LogP contribution is 2.27. The molecule has 0 N–H and O–H groups in total. The zero-order valence-electron chi connectivity index (χ0n) is 10.3. The molecule has 0 amide bonds. The van der Waals surface area contributed by atoms with E-state index in [1.165, 1.54) is 32.1 Å². The molecule has 2 nitrogen and oxygen atoms in total. The lowest BCUT2D eigenvalue weighted by Crippen LogP contribution is -2.25. The van der Waals surface area contributed by atoms with E-state index in [0.29, 0.717) is 12.0 Å². The summed E-state index contributed by atoms with van der Waals surface area (Å²) in [5, 5.41) is 0. The van der Waals surface area contributed by atoms with Crippen LogP contribution in [0.2, 0.25) is 0 Å². The minimum Gasteiger partial charge on any atom is -0.312 e. The van der Waals surface area contributed by atoms with Gasteiger partial charge in [0.2, 0.25) is 0 Å². The molecule has 1 saturated carbocycles. The van der Waals surface area contributed by atoms with E-state index in [1.54, 1.807) is 6.07 Å². The van der Waals surface area contributed by atoms with Crippen molar-refractivity contribution in [3.63, 3.8) is 0 Å². The summed E-state index contributed by atoms with van der Waals surface area (Å²) < 4.78 is 1.94. The van der Waals surface area contributed by atoms with Crippen LogP contribution in [0, 0.1) is 0 Å². The van der Waals surface area contributed by atoms with Crippen molar-refractivity contribution >= 4 is 0 Å². The molecule has 16 heavy (non-hydrogen) atoms. The molecule has 0 atom stereocenters.